The van der Waals surface area contributed by atoms with Gasteiger partial charge in [-0.2, -0.15) is 5.10 Å². The number of aromatic amines is 1. The van der Waals surface area contributed by atoms with Gasteiger partial charge in [-0.15, -0.1) is 0 Å². The van der Waals surface area contributed by atoms with Gasteiger partial charge in [0, 0.05) is 7.05 Å². The molecule has 0 bridgehead atoms. The maximum absolute atomic E-state index is 11.5. The van der Waals surface area contributed by atoms with E-state index in [1.165, 1.54) is 0 Å². The van der Waals surface area contributed by atoms with Crippen molar-refractivity contribution in [2.45, 2.75) is 13.0 Å². The molecule has 0 spiro atoms. The summed E-state index contributed by atoms with van der Waals surface area (Å²) in [6.07, 6.45) is 7.92. The van der Waals surface area contributed by atoms with Gasteiger partial charge in [-0.3, -0.25) is 5.10 Å². The molecule has 5 heteroatoms. The van der Waals surface area contributed by atoms with Crippen molar-refractivity contribution in [3.63, 3.8) is 0 Å². The molecule has 1 aromatic heterocycles. The van der Waals surface area contributed by atoms with E-state index in [0.717, 1.165) is 5.69 Å². The van der Waals surface area contributed by atoms with Gasteiger partial charge in [0.1, 0.15) is 0 Å². The van der Waals surface area contributed by atoms with Gasteiger partial charge >= 0.3 is 5.97 Å². The van der Waals surface area contributed by atoms with E-state index >= 15 is 0 Å². The van der Waals surface area contributed by atoms with Crippen molar-refractivity contribution in [1.82, 2.24) is 15.1 Å². The molecule has 17 heavy (non-hydrogen) atoms. The van der Waals surface area contributed by atoms with Gasteiger partial charge in [0.05, 0.1) is 18.3 Å². The number of rotatable bonds is 3. The predicted molar refractivity (Wildman–Crippen MR) is 63.3 cm³/mol. The van der Waals surface area contributed by atoms with Gasteiger partial charge in [0.25, 0.3) is 0 Å². The molecule has 0 aliphatic carbocycles. The molecule has 0 saturated heterocycles. The van der Waals surface area contributed by atoms with E-state index in [1.807, 2.05) is 36.4 Å². The largest absolute Gasteiger partial charge is 0.461 e. The number of allylic oxidation sites excluding steroid dienone is 2. The lowest BCUT2D eigenvalue weighted by atomic mass is 10.1. The summed E-state index contributed by atoms with van der Waals surface area (Å²) in [5.74, 6) is -0.395. The average Bonchev–Trinajstić information content (AvgIpc) is 2.79. The summed E-state index contributed by atoms with van der Waals surface area (Å²) < 4.78 is 4.89. The molecule has 2 heterocycles. The number of hydrogen-bond acceptors (Lipinski definition) is 4. The monoisotopic (exact) mass is 233 g/mol. The minimum absolute atomic E-state index is 0.0793. The first-order chi connectivity index (χ1) is 8.22. The third-order valence-electron chi connectivity index (χ3n) is 2.57. The standard InChI is InChI=1S/C12H15N3O2/c1-3-17-12(16)10-8-9(13-14-10)11-6-4-5-7-15(11)2/h4-8,11H,3H2,1-2H3,(H,13,14). The Kier molecular flexibility index (Phi) is 3.27. The van der Waals surface area contributed by atoms with E-state index in [4.69, 9.17) is 4.74 Å². The summed E-state index contributed by atoms with van der Waals surface area (Å²) in [5, 5.41) is 6.83. The predicted octanol–water partition coefficient (Wildman–Crippen LogP) is 1.64. The highest BCUT2D eigenvalue weighted by Gasteiger charge is 2.18. The van der Waals surface area contributed by atoms with E-state index in [9.17, 15) is 4.79 Å². The average molecular weight is 233 g/mol. The fourth-order valence-corrected chi connectivity index (χ4v) is 1.70. The number of carbonyl (C=O) groups is 1. The highest BCUT2D eigenvalue weighted by molar-refractivity contribution is 5.87. The van der Waals surface area contributed by atoms with Crippen LogP contribution in [0.5, 0.6) is 0 Å². The van der Waals surface area contributed by atoms with Crippen molar-refractivity contribution >= 4 is 5.97 Å². The number of nitrogens with zero attached hydrogens (tertiary/aromatic N) is 2. The first-order valence-corrected chi connectivity index (χ1v) is 5.51. The summed E-state index contributed by atoms with van der Waals surface area (Å²) in [7, 11) is 1.97. The second-order valence-corrected chi connectivity index (χ2v) is 3.77. The minimum Gasteiger partial charge on any atom is -0.461 e. The van der Waals surface area contributed by atoms with Gasteiger partial charge in [-0.25, -0.2) is 4.79 Å². The quantitative estimate of drug-likeness (QED) is 0.806. The summed E-state index contributed by atoms with van der Waals surface area (Å²) in [4.78, 5) is 13.5. The zero-order valence-corrected chi connectivity index (χ0v) is 9.88. The van der Waals surface area contributed by atoms with Crippen LogP contribution in [0.4, 0.5) is 0 Å². The summed E-state index contributed by atoms with van der Waals surface area (Å²) in [6.45, 7) is 2.13. The van der Waals surface area contributed by atoms with Crippen LogP contribution in [0.2, 0.25) is 0 Å². The Bertz CT molecular complexity index is 462. The van der Waals surface area contributed by atoms with Crippen molar-refractivity contribution in [1.29, 1.82) is 0 Å². The van der Waals surface area contributed by atoms with E-state index < -0.39 is 5.97 Å². The second-order valence-electron chi connectivity index (χ2n) is 3.77. The van der Waals surface area contributed by atoms with Crippen molar-refractivity contribution in [3.05, 3.63) is 41.9 Å². The van der Waals surface area contributed by atoms with Gasteiger partial charge in [-0.05, 0) is 25.3 Å². The molecule has 0 saturated carbocycles. The Morgan fingerprint density at radius 2 is 2.41 bits per heavy atom. The Balaban J connectivity index is 2.15. The van der Waals surface area contributed by atoms with Crippen LogP contribution in [0.15, 0.2) is 30.5 Å². The highest BCUT2D eigenvalue weighted by atomic mass is 16.5. The summed E-state index contributed by atoms with van der Waals surface area (Å²) in [5.41, 5.74) is 1.19. The highest BCUT2D eigenvalue weighted by Crippen LogP contribution is 2.22. The summed E-state index contributed by atoms with van der Waals surface area (Å²) >= 11 is 0. The fraction of sp³-hybridized carbons (Fsp3) is 0.333. The number of aromatic nitrogens is 2. The Labute approximate surface area is 99.8 Å². The van der Waals surface area contributed by atoms with E-state index in [0.29, 0.717) is 12.3 Å². The second kappa shape index (κ2) is 4.86. The molecule has 1 unspecified atom stereocenters. The number of carbonyl (C=O) groups excluding carboxylic acids is 1. The zero-order chi connectivity index (χ0) is 12.3. The third kappa shape index (κ3) is 2.38. The Morgan fingerprint density at radius 3 is 3.12 bits per heavy atom. The lowest BCUT2D eigenvalue weighted by Crippen LogP contribution is -2.19. The van der Waals surface area contributed by atoms with Gasteiger partial charge in [-0.1, -0.05) is 12.2 Å². The molecule has 1 aromatic rings. The molecule has 5 nitrogen and oxygen atoms in total. The molecule has 1 N–H and O–H groups in total. The van der Waals surface area contributed by atoms with E-state index in [2.05, 4.69) is 10.2 Å². The number of likely N-dealkylation sites (N-methyl/N-ethyl adjacent to an activating group) is 1. The van der Waals surface area contributed by atoms with Crippen LogP contribution < -0.4 is 0 Å². The van der Waals surface area contributed by atoms with Crippen LogP contribution in [-0.4, -0.2) is 34.7 Å². The lowest BCUT2D eigenvalue weighted by molar-refractivity contribution is 0.0519. The van der Waals surface area contributed by atoms with Crippen LogP contribution in [0.3, 0.4) is 0 Å². The van der Waals surface area contributed by atoms with Gasteiger partial charge < -0.3 is 9.64 Å². The molecular formula is C12H15N3O2. The van der Waals surface area contributed by atoms with Crippen molar-refractivity contribution in [3.8, 4) is 0 Å². The smallest absolute Gasteiger partial charge is 0.358 e. The third-order valence-corrected chi connectivity index (χ3v) is 2.57. The molecule has 1 aliphatic heterocycles. The normalized spacial score (nSPS) is 18.5. The molecule has 90 valence electrons. The van der Waals surface area contributed by atoms with Crippen LogP contribution in [0.1, 0.15) is 29.1 Å². The Hall–Kier alpha value is -2.04. The molecule has 1 atom stereocenters. The van der Waals surface area contributed by atoms with Gasteiger partial charge in [0.2, 0.25) is 0 Å². The van der Waals surface area contributed by atoms with Crippen molar-refractivity contribution < 1.29 is 9.53 Å². The van der Waals surface area contributed by atoms with Crippen LogP contribution in [-0.2, 0) is 4.74 Å². The van der Waals surface area contributed by atoms with E-state index in [1.54, 1.807) is 13.0 Å². The molecule has 0 amide bonds. The zero-order valence-electron chi connectivity index (χ0n) is 9.88. The summed E-state index contributed by atoms with van der Waals surface area (Å²) in [6, 6.07) is 1.80. The first kappa shape index (κ1) is 11.4. The number of esters is 1. The van der Waals surface area contributed by atoms with Crippen molar-refractivity contribution in [2.75, 3.05) is 13.7 Å². The van der Waals surface area contributed by atoms with Gasteiger partial charge in [0.15, 0.2) is 5.69 Å². The minimum atomic E-state index is -0.395. The number of hydrogen-bond donors (Lipinski definition) is 1. The fourth-order valence-electron chi connectivity index (χ4n) is 1.70. The molecule has 0 fully saturated rings. The van der Waals surface area contributed by atoms with Crippen LogP contribution in [0, 0.1) is 0 Å². The molecular weight excluding hydrogens is 218 g/mol. The first-order valence-electron chi connectivity index (χ1n) is 5.51. The van der Waals surface area contributed by atoms with Crippen LogP contribution in [0.25, 0.3) is 0 Å². The molecule has 0 aromatic carbocycles. The van der Waals surface area contributed by atoms with Crippen molar-refractivity contribution in [2.24, 2.45) is 0 Å². The number of H-pyrrole nitrogens is 1. The molecule has 2 rings (SSSR count). The molecule has 1 aliphatic rings. The lowest BCUT2D eigenvalue weighted by Gasteiger charge is -2.24. The Morgan fingerprint density at radius 1 is 1.59 bits per heavy atom. The molecule has 0 radical (unpaired) electrons. The van der Waals surface area contributed by atoms with E-state index in [-0.39, 0.29) is 6.04 Å². The maximum atomic E-state index is 11.5. The number of ether oxygens (including phenoxy) is 1. The number of nitrogens with one attached hydrogen (secondary N) is 1. The maximum Gasteiger partial charge on any atom is 0.358 e. The topological polar surface area (TPSA) is 58.2 Å². The van der Waals surface area contributed by atoms with Crippen LogP contribution >= 0.6 is 0 Å². The SMILES string of the molecule is CCOC(=O)c1cc(C2C=CC=CN2C)[nH]n1.